The van der Waals surface area contributed by atoms with E-state index in [0.717, 1.165) is 30.0 Å². The summed E-state index contributed by atoms with van der Waals surface area (Å²) in [6, 6.07) is 17.5. The first-order chi connectivity index (χ1) is 17.7. The molecule has 0 aliphatic heterocycles. The third-order valence-corrected chi connectivity index (χ3v) is 5.98. The van der Waals surface area contributed by atoms with Crippen LogP contribution >= 0.6 is 0 Å². The van der Waals surface area contributed by atoms with Gasteiger partial charge in [-0.25, -0.2) is 9.97 Å². The van der Waals surface area contributed by atoms with E-state index >= 15 is 0 Å². The van der Waals surface area contributed by atoms with Gasteiger partial charge in [0, 0.05) is 30.2 Å². The highest BCUT2D eigenvalue weighted by atomic mass is 19.4. The number of fused-ring (bicyclic) bond motifs is 1. The SMILES string of the molecule is C=C(C)CN(CC)Cc1nc(NCCc2ccccc2)c2ccc(-c3ncccc3C(F)(F)F)cc2n1. The van der Waals surface area contributed by atoms with E-state index in [2.05, 4.69) is 40.8 Å². The standard InChI is InChI=1S/C29H30F3N5/c1-4-37(18-20(2)3)19-26-35-25-17-22(27-24(29(30,31)32)11-8-15-33-27)12-13-23(25)28(36-26)34-16-14-21-9-6-5-7-10-21/h5-13,15,17H,2,4,14,16,18-19H2,1,3H3,(H,34,35,36). The molecule has 0 aliphatic rings. The second-order valence-corrected chi connectivity index (χ2v) is 9.04. The summed E-state index contributed by atoms with van der Waals surface area (Å²) in [5.41, 5.74) is 2.26. The lowest BCUT2D eigenvalue weighted by molar-refractivity contribution is -0.137. The van der Waals surface area contributed by atoms with E-state index in [1.807, 2.05) is 25.1 Å². The van der Waals surface area contributed by atoms with E-state index in [1.54, 1.807) is 18.2 Å². The number of hydrogen-bond acceptors (Lipinski definition) is 5. The van der Waals surface area contributed by atoms with Crippen molar-refractivity contribution in [1.29, 1.82) is 0 Å². The van der Waals surface area contributed by atoms with Gasteiger partial charge in [-0.3, -0.25) is 9.88 Å². The monoisotopic (exact) mass is 505 g/mol. The quantitative estimate of drug-likeness (QED) is 0.241. The third kappa shape index (κ3) is 6.71. The van der Waals surface area contributed by atoms with Gasteiger partial charge in [-0.2, -0.15) is 13.2 Å². The van der Waals surface area contributed by atoms with Crippen molar-refractivity contribution in [2.75, 3.05) is 25.0 Å². The van der Waals surface area contributed by atoms with Crippen LogP contribution in [0, 0.1) is 0 Å². The van der Waals surface area contributed by atoms with Crippen molar-refractivity contribution in [3.05, 3.63) is 96.0 Å². The van der Waals surface area contributed by atoms with Crippen LogP contribution in [0.4, 0.5) is 19.0 Å². The summed E-state index contributed by atoms with van der Waals surface area (Å²) in [6.07, 6.45) is -2.34. The molecule has 2 aromatic heterocycles. The van der Waals surface area contributed by atoms with Crippen LogP contribution in [0.3, 0.4) is 0 Å². The number of alkyl halides is 3. The van der Waals surface area contributed by atoms with Gasteiger partial charge in [-0.15, -0.1) is 0 Å². The van der Waals surface area contributed by atoms with Crippen LogP contribution in [0.2, 0.25) is 0 Å². The molecule has 0 saturated carbocycles. The predicted molar refractivity (Wildman–Crippen MR) is 142 cm³/mol. The Balaban J connectivity index is 1.73. The zero-order valence-electron chi connectivity index (χ0n) is 21.0. The lowest BCUT2D eigenvalue weighted by atomic mass is 10.0. The number of pyridine rings is 1. The lowest BCUT2D eigenvalue weighted by Crippen LogP contribution is -2.26. The van der Waals surface area contributed by atoms with E-state index in [-0.39, 0.29) is 5.69 Å². The van der Waals surface area contributed by atoms with Gasteiger partial charge in [0.05, 0.1) is 23.3 Å². The fourth-order valence-electron chi connectivity index (χ4n) is 4.23. The molecule has 0 unspecified atom stereocenters. The molecule has 0 amide bonds. The van der Waals surface area contributed by atoms with Crippen molar-refractivity contribution in [3.8, 4) is 11.3 Å². The van der Waals surface area contributed by atoms with Crippen LogP contribution in [-0.2, 0) is 19.1 Å². The number of likely N-dealkylation sites (N-methyl/N-ethyl adjacent to an activating group) is 1. The Labute approximate surface area is 215 Å². The van der Waals surface area contributed by atoms with Crippen molar-refractivity contribution in [2.24, 2.45) is 0 Å². The van der Waals surface area contributed by atoms with Gasteiger partial charge < -0.3 is 5.32 Å². The molecule has 1 N–H and O–H groups in total. The van der Waals surface area contributed by atoms with E-state index < -0.39 is 11.7 Å². The third-order valence-electron chi connectivity index (χ3n) is 5.98. The minimum Gasteiger partial charge on any atom is -0.369 e. The molecule has 0 saturated heterocycles. The fraction of sp³-hybridized carbons (Fsp3) is 0.276. The average Bonchev–Trinajstić information content (AvgIpc) is 2.87. The smallest absolute Gasteiger partial charge is 0.369 e. The number of nitrogens with one attached hydrogen (secondary N) is 1. The second-order valence-electron chi connectivity index (χ2n) is 9.04. The van der Waals surface area contributed by atoms with Crippen LogP contribution in [0.5, 0.6) is 0 Å². The minimum atomic E-state index is -4.51. The molecule has 8 heteroatoms. The number of halogens is 3. The first-order valence-corrected chi connectivity index (χ1v) is 12.2. The summed E-state index contributed by atoms with van der Waals surface area (Å²) < 4.78 is 41.0. The Bertz CT molecular complexity index is 1370. The Morgan fingerprint density at radius 3 is 2.51 bits per heavy atom. The lowest BCUT2D eigenvalue weighted by Gasteiger charge is -2.20. The summed E-state index contributed by atoms with van der Waals surface area (Å²) in [7, 11) is 0. The maximum atomic E-state index is 13.7. The Kier molecular flexibility index (Phi) is 8.18. The maximum absolute atomic E-state index is 13.7. The molecule has 4 rings (SSSR count). The molecule has 0 bridgehead atoms. The van der Waals surface area contributed by atoms with Crippen molar-refractivity contribution in [3.63, 3.8) is 0 Å². The maximum Gasteiger partial charge on any atom is 0.418 e. The summed E-state index contributed by atoms with van der Waals surface area (Å²) in [4.78, 5) is 15.8. The molecule has 0 atom stereocenters. The first kappa shape index (κ1) is 26.3. The number of aromatic nitrogens is 3. The van der Waals surface area contributed by atoms with Gasteiger partial charge in [0.15, 0.2) is 0 Å². The predicted octanol–water partition coefficient (Wildman–Crippen LogP) is 6.76. The molecule has 0 fully saturated rings. The van der Waals surface area contributed by atoms with Gasteiger partial charge in [0.1, 0.15) is 11.6 Å². The van der Waals surface area contributed by atoms with E-state index in [4.69, 9.17) is 9.97 Å². The number of nitrogens with zero attached hydrogens (tertiary/aromatic N) is 4. The zero-order valence-corrected chi connectivity index (χ0v) is 21.0. The zero-order chi connectivity index (χ0) is 26.4. The van der Waals surface area contributed by atoms with Crippen LogP contribution in [0.15, 0.2) is 79.0 Å². The van der Waals surface area contributed by atoms with Gasteiger partial charge in [-0.05, 0) is 49.7 Å². The van der Waals surface area contributed by atoms with E-state index in [0.29, 0.717) is 42.4 Å². The van der Waals surface area contributed by atoms with Crippen LogP contribution < -0.4 is 5.32 Å². The molecule has 4 aromatic rings. The first-order valence-electron chi connectivity index (χ1n) is 12.2. The highest BCUT2D eigenvalue weighted by Crippen LogP contribution is 2.36. The molecule has 5 nitrogen and oxygen atoms in total. The van der Waals surface area contributed by atoms with Crippen molar-refractivity contribution in [2.45, 2.75) is 33.0 Å². The van der Waals surface area contributed by atoms with Gasteiger partial charge in [0.25, 0.3) is 0 Å². The largest absolute Gasteiger partial charge is 0.418 e. The number of anilines is 1. The number of rotatable bonds is 10. The summed E-state index contributed by atoms with van der Waals surface area (Å²) in [6.45, 7) is 10.7. The van der Waals surface area contributed by atoms with Crippen LogP contribution in [-0.4, -0.2) is 39.5 Å². The second kappa shape index (κ2) is 11.5. The van der Waals surface area contributed by atoms with E-state index in [9.17, 15) is 13.2 Å². The average molecular weight is 506 g/mol. The minimum absolute atomic E-state index is 0.117. The molecule has 0 spiro atoms. The van der Waals surface area contributed by atoms with Gasteiger partial charge in [0.2, 0.25) is 0 Å². The van der Waals surface area contributed by atoms with Crippen LogP contribution in [0.25, 0.3) is 22.2 Å². The topological polar surface area (TPSA) is 53.9 Å². The molecule has 2 aromatic carbocycles. The van der Waals surface area contributed by atoms with E-state index in [1.165, 1.54) is 17.8 Å². The van der Waals surface area contributed by atoms with Crippen LogP contribution in [0.1, 0.15) is 30.8 Å². The number of hydrogen-bond donors (Lipinski definition) is 1. The normalized spacial score (nSPS) is 11.7. The molecule has 0 radical (unpaired) electrons. The van der Waals surface area contributed by atoms with Gasteiger partial charge in [-0.1, -0.05) is 55.5 Å². The Hall–Kier alpha value is -3.78. The van der Waals surface area contributed by atoms with Crippen molar-refractivity contribution >= 4 is 16.7 Å². The fourth-order valence-corrected chi connectivity index (χ4v) is 4.23. The molecule has 0 aliphatic carbocycles. The molecular formula is C29H30F3N5. The molecular weight excluding hydrogens is 475 g/mol. The van der Waals surface area contributed by atoms with Crippen molar-refractivity contribution < 1.29 is 13.2 Å². The summed E-state index contributed by atoms with van der Waals surface area (Å²) in [5, 5.41) is 4.16. The number of benzene rings is 2. The highest BCUT2D eigenvalue weighted by Gasteiger charge is 2.34. The van der Waals surface area contributed by atoms with Crippen molar-refractivity contribution in [1.82, 2.24) is 19.9 Å². The Morgan fingerprint density at radius 1 is 1.03 bits per heavy atom. The molecule has 37 heavy (non-hydrogen) atoms. The summed E-state index contributed by atoms with van der Waals surface area (Å²) in [5.74, 6) is 1.25. The highest BCUT2D eigenvalue weighted by molar-refractivity contribution is 5.92. The summed E-state index contributed by atoms with van der Waals surface area (Å²) >= 11 is 0. The van der Waals surface area contributed by atoms with Gasteiger partial charge >= 0.3 is 6.18 Å². The Morgan fingerprint density at radius 2 is 1.81 bits per heavy atom. The molecule has 2 heterocycles. The molecule has 192 valence electrons.